The van der Waals surface area contributed by atoms with E-state index in [9.17, 15) is 9.59 Å². The number of carbonyl (C=O) groups excluding carboxylic acids is 2. The lowest BCUT2D eigenvalue weighted by Crippen LogP contribution is -2.54. The molecule has 2 fully saturated rings. The van der Waals surface area contributed by atoms with Gasteiger partial charge >= 0.3 is 0 Å². The van der Waals surface area contributed by atoms with E-state index in [4.69, 9.17) is 26.2 Å². The van der Waals surface area contributed by atoms with Crippen molar-refractivity contribution in [1.82, 2.24) is 15.5 Å². The first-order valence-electron chi connectivity index (χ1n) is 10.1. The van der Waals surface area contributed by atoms with Crippen LogP contribution in [0.2, 0.25) is 5.02 Å². The van der Waals surface area contributed by atoms with Gasteiger partial charge in [0.1, 0.15) is 6.04 Å². The van der Waals surface area contributed by atoms with Gasteiger partial charge in [0.05, 0.1) is 13.2 Å². The van der Waals surface area contributed by atoms with Gasteiger partial charge in [0.25, 0.3) is 6.47 Å². The van der Waals surface area contributed by atoms with Crippen LogP contribution in [-0.2, 0) is 25.7 Å². The SMILES string of the molecule is CN1CCOC[C@@H]1C(=O)NC1CCC(C(=O)NCc2cccc(Cl)c2)CC1.O=CO. The molecule has 3 N–H and O–H groups in total. The van der Waals surface area contributed by atoms with Crippen molar-refractivity contribution in [2.75, 3.05) is 26.8 Å². The predicted molar refractivity (Wildman–Crippen MR) is 113 cm³/mol. The minimum Gasteiger partial charge on any atom is -0.483 e. The summed E-state index contributed by atoms with van der Waals surface area (Å²) in [5, 5.41) is 13.7. The fourth-order valence-electron chi connectivity index (χ4n) is 3.74. The Balaban J connectivity index is 0.00000101. The summed E-state index contributed by atoms with van der Waals surface area (Å²) in [4.78, 5) is 35.3. The van der Waals surface area contributed by atoms with Crippen LogP contribution in [0.4, 0.5) is 0 Å². The highest BCUT2D eigenvalue weighted by Gasteiger charge is 2.31. The maximum Gasteiger partial charge on any atom is 0.290 e. The van der Waals surface area contributed by atoms with Crippen molar-refractivity contribution in [3.05, 3.63) is 34.9 Å². The third-order valence-corrected chi connectivity index (χ3v) is 5.73. The lowest BCUT2D eigenvalue weighted by Gasteiger charge is -2.34. The molecule has 166 valence electrons. The Labute approximate surface area is 181 Å². The van der Waals surface area contributed by atoms with Crippen LogP contribution < -0.4 is 10.6 Å². The van der Waals surface area contributed by atoms with Gasteiger partial charge in [-0.2, -0.15) is 0 Å². The molecule has 1 aliphatic carbocycles. The molecule has 1 saturated heterocycles. The first-order chi connectivity index (χ1) is 14.4. The predicted octanol–water partition coefficient (Wildman–Crippen LogP) is 1.66. The number of hydrogen-bond donors (Lipinski definition) is 3. The first kappa shape index (κ1) is 24.1. The molecule has 9 heteroatoms. The van der Waals surface area contributed by atoms with Crippen molar-refractivity contribution in [3.8, 4) is 0 Å². The normalized spacial score (nSPS) is 24.1. The second kappa shape index (κ2) is 12.5. The van der Waals surface area contributed by atoms with E-state index >= 15 is 0 Å². The second-order valence-corrected chi connectivity index (χ2v) is 8.02. The monoisotopic (exact) mass is 439 g/mol. The molecular weight excluding hydrogens is 410 g/mol. The smallest absolute Gasteiger partial charge is 0.290 e. The molecule has 30 heavy (non-hydrogen) atoms. The van der Waals surface area contributed by atoms with Crippen molar-refractivity contribution in [1.29, 1.82) is 0 Å². The molecule has 1 atom stereocenters. The van der Waals surface area contributed by atoms with Gasteiger partial charge in [-0.3, -0.25) is 19.3 Å². The number of halogens is 1. The minimum absolute atomic E-state index is 0.0121. The van der Waals surface area contributed by atoms with Crippen LogP contribution in [0.3, 0.4) is 0 Å². The van der Waals surface area contributed by atoms with Crippen LogP contribution in [0.15, 0.2) is 24.3 Å². The van der Waals surface area contributed by atoms with Gasteiger partial charge in [-0.25, -0.2) is 0 Å². The van der Waals surface area contributed by atoms with Crippen molar-refractivity contribution in [2.24, 2.45) is 5.92 Å². The third-order valence-electron chi connectivity index (χ3n) is 5.50. The molecule has 2 amide bonds. The second-order valence-electron chi connectivity index (χ2n) is 7.58. The Morgan fingerprint density at radius 2 is 1.97 bits per heavy atom. The largest absolute Gasteiger partial charge is 0.483 e. The quantitative estimate of drug-likeness (QED) is 0.602. The molecule has 3 rings (SSSR count). The minimum atomic E-state index is -0.250. The highest BCUT2D eigenvalue weighted by molar-refractivity contribution is 6.30. The number of carboxylic acid groups (broad SMARTS) is 1. The van der Waals surface area contributed by atoms with Crippen LogP contribution in [0.5, 0.6) is 0 Å². The lowest BCUT2D eigenvalue weighted by atomic mass is 9.85. The summed E-state index contributed by atoms with van der Waals surface area (Å²) in [6, 6.07) is 7.44. The number of benzene rings is 1. The topological polar surface area (TPSA) is 108 Å². The number of rotatable bonds is 5. The van der Waals surface area contributed by atoms with Gasteiger partial charge < -0.3 is 20.5 Å². The average molecular weight is 440 g/mol. The number of ether oxygens (including phenoxy) is 1. The van der Waals surface area contributed by atoms with E-state index in [1.165, 1.54) is 0 Å². The van der Waals surface area contributed by atoms with E-state index in [1.54, 1.807) is 0 Å². The Kier molecular flexibility index (Phi) is 10.1. The van der Waals surface area contributed by atoms with E-state index in [2.05, 4.69) is 10.6 Å². The molecule has 0 radical (unpaired) electrons. The van der Waals surface area contributed by atoms with Crippen molar-refractivity contribution in [3.63, 3.8) is 0 Å². The van der Waals surface area contributed by atoms with E-state index in [0.29, 0.717) is 24.8 Å². The summed E-state index contributed by atoms with van der Waals surface area (Å²) in [7, 11) is 1.95. The zero-order chi connectivity index (χ0) is 21.9. The third kappa shape index (κ3) is 7.59. The van der Waals surface area contributed by atoms with Gasteiger partial charge in [0.2, 0.25) is 11.8 Å². The van der Waals surface area contributed by atoms with E-state index in [1.807, 2.05) is 36.2 Å². The van der Waals surface area contributed by atoms with Gasteiger partial charge in [-0.1, -0.05) is 23.7 Å². The summed E-state index contributed by atoms with van der Waals surface area (Å²) in [5.74, 6) is 0.129. The number of likely N-dealkylation sites (N-methyl/N-ethyl adjacent to an activating group) is 1. The number of carbonyl (C=O) groups is 3. The molecule has 0 aromatic heterocycles. The average Bonchev–Trinajstić information content (AvgIpc) is 2.73. The molecule has 1 saturated carbocycles. The zero-order valence-corrected chi connectivity index (χ0v) is 17.9. The number of nitrogens with one attached hydrogen (secondary N) is 2. The Morgan fingerprint density at radius 1 is 1.27 bits per heavy atom. The van der Waals surface area contributed by atoms with Gasteiger partial charge in [0, 0.05) is 30.1 Å². The Morgan fingerprint density at radius 3 is 2.60 bits per heavy atom. The number of hydrogen-bond acceptors (Lipinski definition) is 5. The molecule has 0 unspecified atom stereocenters. The molecule has 1 heterocycles. The van der Waals surface area contributed by atoms with Gasteiger partial charge in [-0.15, -0.1) is 0 Å². The highest BCUT2D eigenvalue weighted by Crippen LogP contribution is 2.25. The maximum absolute atomic E-state index is 12.5. The van der Waals surface area contributed by atoms with E-state index in [0.717, 1.165) is 37.8 Å². The van der Waals surface area contributed by atoms with Crippen LogP contribution in [0.25, 0.3) is 0 Å². The van der Waals surface area contributed by atoms with Gasteiger partial charge in [-0.05, 0) is 50.4 Å². The molecule has 1 aromatic rings. The van der Waals surface area contributed by atoms with Crippen LogP contribution in [0.1, 0.15) is 31.2 Å². The molecule has 1 aliphatic heterocycles. The van der Waals surface area contributed by atoms with Crippen LogP contribution >= 0.6 is 11.6 Å². The fourth-order valence-corrected chi connectivity index (χ4v) is 3.95. The zero-order valence-electron chi connectivity index (χ0n) is 17.2. The summed E-state index contributed by atoms with van der Waals surface area (Å²) in [6.45, 7) is 2.14. The van der Waals surface area contributed by atoms with E-state index < -0.39 is 0 Å². The number of amides is 2. The van der Waals surface area contributed by atoms with Crippen molar-refractivity contribution >= 4 is 29.9 Å². The van der Waals surface area contributed by atoms with Crippen molar-refractivity contribution in [2.45, 2.75) is 44.3 Å². The Hall–Kier alpha value is -2.16. The highest BCUT2D eigenvalue weighted by atomic mass is 35.5. The summed E-state index contributed by atoms with van der Waals surface area (Å²) in [6.07, 6.45) is 3.25. The molecule has 8 nitrogen and oxygen atoms in total. The van der Waals surface area contributed by atoms with Crippen LogP contribution in [0, 0.1) is 5.92 Å². The fraction of sp³-hybridized carbons (Fsp3) is 0.571. The first-order valence-corrected chi connectivity index (χ1v) is 10.5. The molecule has 2 aliphatic rings. The standard InChI is InChI=1S/C20H28ClN3O3.CH2O2/c1-24-9-10-27-13-18(24)20(26)23-17-7-5-15(6-8-17)19(25)22-12-14-3-2-4-16(21)11-14;2-1-3/h2-4,11,15,17-18H,5-10,12-13H2,1H3,(H,22,25)(H,23,26);1H,(H,2,3)/t15?,17?,18-;/m1./s1. The molecular formula is C21H30ClN3O5. The summed E-state index contributed by atoms with van der Waals surface area (Å²) < 4.78 is 5.42. The molecule has 1 aromatic carbocycles. The molecule has 0 spiro atoms. The Bertz CT molecular complexity index is 710. The number of morpholine rings is 1. The summed E-state index contributed by atoms with van der Waals surface area (Å²) in [5.41, 5.74) is 0.996. The van der Waals surface area contributed by atoms with E-state index in [-0.39, 0.29) is 36.3 Å². The number of nitrogens with zero attached hydrogens (tertiary/aromatic N) is 1. The van der Waals surface area contributed by atoms with Crippen LogP contribution in [-0.4, -0.2) is 67.2 Å². The summed E-state index contributed by atoms with van der Waals surface area (Å²) >= 11 is 5.97. The molecule has 0 bridgehead atoms. The lowest BCUT2D eigenvalue weighted by molar-refractivity contribution is -0.132. The maximum atomic E-state index is 12.5. The van der Waals surface area contributed by atoms with Crippen molar-refractivity contribution < 1.29 is 24.2 Å². The van der Waals surface area contributed by atoms with Gasteiger partial charge in [0.15, 0.2) is 0 Å².